The van der Waals surface area contributed by atoms with Crippen LogP contribution in [0.5, 0.6) is 0 Å². The lowest BCUT2D eigenvalue weighted by Gasteiger charge is -2.20. The summed E-state index contributed by atoms with van der Waals surface area (Å²) in [5, 5.41) is 4.79. The molecular weight excluding hydrogens is 253 g/mol. The van der Waals surface area contributed by atoms with Crippen molar-refractivity contribution in [2.24, 2.45) is 11.3 Å². The Hall–Kier alpha value is -0.240. The number of hydrogen-bond donors (Lipinski definition) is 1. The van der Waals surface area contributed by atoms with Crippen LogP contribution in [0.15, 0.2) is 18.2 Å². The Bertz CT molecular complexity index is 397. The normalized spacial score (nSPS) is 17.5. The van der Waals surface area contributed by atoms with Gasteiger partial charge in [-0.3, -0.25) is 0 Å². The van der Waals surface area contributed by atoms with Crippen LogP contribution in [0.4, 0.5) is 0 Å². The van der Waals surface area contributed by atoms with Crippen LogP contribution in [-0.4, -0.2) is 6.54 Å². The van der Waals surface area contributed by atoms with Crippen molar-refractivity contribution in [2.45, 2.75) is 33.2 Å². The molecule has 0 amide bonds. The predicted molar refractivity (Wildman–Crippen MR) is 74.7 cm³/mol. The first kappa shape index (κ1) is 13.2. The van der Waals surface area contributed by atoms with E-state index in [-0.39, 0.29) is 0 Å². The van der Waals surface area contributed by atoms with Crippen LogP contribution in [0.3, 0.4) is 0 Å². The van der Waals surface area contributed by atoms with Crippen LogP contribution >= 0.6 is 23.2 Å². The largest absolute Gasteiger partial charge is 0.312 e. The van der Waals surface area contributed by atoms with Gasteiger partial charge in [0.25, 0.3) is 0 Å². The molecule has 2 rings (SSSR count). The van der Waals surface area contributed by atoms with Crippen molar-refractivity contribution < 1.29 is 0 Å². The van der Waals surface area contributed by atoms with E-state index in [1.54, 1.807) is 0 Å². The maximum absolute atomic E-state index is 5.99. The van der Waals surface area contributed by atoms with E-state index >= 15 is 0 Å². The SMILES string of the molecule is CC(C)C1(CNCc2ccc(Cl)c(Cl)c2)CC1. The van der Waals surface area contributed by atoms with Gasteiger partial charge >= 0.3 is 0 Å². The summed E-state index contributed by atoms with van der Waals surface area (Å²) in [5.74, 6) is 0.767. The monoisotopic (exact) mass is 271 g/mol. The van der Waals surface area contributed by atoms with Crippen molar-refractivity contribution in [2.75, 3.05) is 6.54 Å². The van der Waals surface area contributed by atoms with Gasteiger partial charge in [0.05, 0.1) is 10.0 Å². The molecule has 0 unspecified atom stereocenters. The highest BCUT2D eigenvalue weighted by Crippen LogP contribution is 2.51. The molecule has 0 spiro atoms. The van der Waals surface area contributed by atoms with Gasteiger partial charge < -0.3 is 5.32 Å². The van der Waals surface area contributed by atoms with Crippen LogP contribution < -0.4 is 5.32 Å². The second-order valence-corrected chi connectivity index (χ2v) is 6.18. The first-order valence-electron chi connectivity index (χ1n) is 6.18. The maximum Gasteiger partial charge on any atom is 0.0595 e. The molecule has 0 radical (unpaired) electrons. The average Bonchev–Trinajstić information content (AvgIpc) is 3.04. The van der Waals surface area contributed by atoms with Gasteiger partial charge in [-0.25, -0.2) is 0 Å². The van der Waals surface area contributed by atoms with Crippen molar-refractivity contribution >= 4 is 23.2 Å². The molecule has 17 heavy (non-hydrogen) atoms. The van der Waals surface area contributed by atoms with E-state index in [1.165, 1.54) is 18.4 Å². The lowest BCUT2D eigenvalue weighted by atomic mass is 9.92. The molecule has 0 bridgehead atoms. The van der Waals surface area contributed by atoms with Crippen molar-refractivity contribution in [3.05, 3.63) is 33.8 Å². The van der Waals surface area contributed by atoms with Gasteiger partial charge in [0.2, 0.25) is 0 Å². The number of halogens is 2. The number of rotatable bonds is 5. The van der Waals surface area contributed by atoms with Crippen molar-refractivity contribution in [3.63, 3.8) is 0 Å². The fourth-order valence-corrected chi connectivity index (χ4v) is 2.54. The molecule has 0 saturated heterocycles. The van der Waals surface area contributed by atoms with Crippen LogP contribution in [0.25, 0.3) is 0 Å². The van der Waals surface area contributed by atoms with E-state index < -0.39 is 0 Å². The molecule has 1 saturated carbocycles. The van der Waals surface area contributed by atoms with Gasteiger partial charge in [0, 0.05) is 13.1 Å². The molecule has 3 heteroatoms. The molecule has 1 aliphatic carbocycles. The smallest absolute Gasteiger partial charge is 0.0595 e. The Morgan fingerprint density at radius 2 is 1.94 bits per heavy atom. The first-order valence-corrected chi connectivity index (χ1v) is 6.94. The predicted octanol–water partition coefficient (Wildman–Crippen LogP) is 4.52. The quantitative estimate of drug-likeness (QED) is 0.831. The topological polar surface area (TPSA) is 12.0 Å². The Morgan fingerprint density at radius 3 is 2.47 bits per heavy atom. The van der Waals surface area contributed by atoms with Crippen LogP contribution in [0.1, 0.15) is 32.3 Å². The van der Waals surface area contributed by atoms with Gasteiger partial charge in [-0.2, -0.15) is 0 Å². The molecule has 0 heterocycles. The third kappa shape index (κ3) is 3.15. The minimum atomic E-state index is 0.552. The zero-order chi connectivity index (χ0) is 12.5. The van der Waals surface area contributed by atoms with E-state index in [4.69, 9.17) is 23.2 Å². The fourth-order valence-electron chi connectivity index (χ4n) is 2.22. The molecule has 0 aliphatic heterocycles. The van der Waals surface area contributed by atoms with E-state index in [1.807, 2.05) is 18.2 Å². The van der Waals surface area contributed by atoms with Gasteiger partial charge in [-0.15, -0.1) is 0 Å². The van der Waals surface area contributed by atoms with Crippen molar-refractivity contribution in [1.82, 2.24) is 5.32 Å². The molecule has 1 fully saturated rings. The molecule has 0 aromatic heterocycles. The average molecular weight is 272 g/mol. The first-order chi connectivity index (χ1) is 8.03. The van der Waals surface area contributed by atoms with E-state index in [9.17, 15) is 0 Å². The lowest BCUT2D eigenvalue weighted by Crippen LogP contribution is -2.27. The summed E-state index contributed by atoms with van der Waals surface area (Å²) in [6.07, 6.45) is 2.72. The minimum Gasteiger partial charge on any atom is -0.312 e. The van der Waals surface area contributed by atoms with Crippen molar-refractivity contribution in [1.29, 1.82) is 0 Å². The van der Waals surface area contributed by atoms with Crippen LogP contribution in [0.2, 0.25) is 10.0 Å². The molecule has 1 aromatic rings. The molecule has 1 N–H and O–H groups in total. The zero-order valence-corrected chi connectivity index (χ0v) is 11.9. The highest BCUT2D eigenvalue weighted by atomic mass is 35.5. The van der Waals surface area contributed by atoms with Gasteiger partial charge in [-0.05, 0) is 41.9 Å². The number of benzene rings is 1. The number of nitrogens with one attached hydrogen (secondary N) is 1. The third-order valence-electron chi connectivity index (χ3n) is 3.91. The van der Waals surface area contributed by atoms with E-state index in [0.717, 1.165) is 19.0 Å². The van der Waals surface area contributed by atoms with Gasteiger partial charge in [-0.1, -0.05) is 43.1 Å². The molecule has 0 atom stereocenters. The molecular formula is C14H19Cl2N. The van der Waals surface area contributed by atoms with E-state index in [2.05, 4.69) is 19.2 Å². The molecule has 1 nitrogen and oxygen atoms in total. The summed E-state index contributed by atoms with van der Waals surface area (Å²) in [7, 11) is 0. The van der Waals surface area contributed by atoms with Gasteiger partial charge in [0.1, 0.15) is 0 Å². The summed E-state index contributed by atoms with van der Waals surface area (Å²) in [4.78, 5) is 0. The Kier molecular flexibility index (Phi) is 4.02. The highest BCUT2D eigenvalue weighted by Gasteiger charge is 2.44. The van der Waals surface area contributed by atoms with E-state index in [0.29, 0.717) is 15.5 Å². The highest BCUT2D eigenvalue weighted by molar-refractivity contribution is 6.42. The Labute approximate surface area is 114 Å². The second-order valence-electron chi connectivity index (χ2n) is 5.37. The second kappa shape index (κ2) is 5.17. The van der Waals surface area contributed by atoms with Gasteiger partial charge in [0.15, 0.2) is 0 Å². The Balaban J connectivity index is 1.84. The standard InChI is InChI=1S/C14H19Cl2N/c1-10(2)14(5-6-14)9-17-8-11-3-4-12(15)13(16)7-11/h3-4,7,10,17H,5-6,8-9H2,1-2H3. The third-order valence-corrected chi connectivity index (χ3v) is 4.65. The summed E-state index contributed by atoms with van der Waals surface area (Å²) in [5.41, 5.74) is 1.75. The molecule has 1 aromatic carbocycles. The number of hydrogen-bond acceptors (Lipinski definition) is 1. The summed E-state index contributed by atoms with van der Waals surface area (Å²) < 4.78 is 0. The van der Waals surface area contributed by atoms with Crippen molar-refractivity contribution in [3.8, 4) is 0 Å². The lowest BCUT2D eigenvalue weighted by molar-refractivity contribution is 0.338. The molecule has 1 aliphatic rings. The maximum atomic E-state index is 5.99. The van der Waals surface area contributed by atoms with Crippen LogP contribution in [0, 0.1) is 11.3 Å². The summed E-state index contributed by atoms with van der Waals surface area (Å²) >= 11 is 11.9. The minimum absolute atomic E-state index is 0.552. The summed E-state index contributed by atoms with van der Waals surface area (Å²) in [6, 6.07) is 5.82. The van der Waals surface area contributed by atoms with Crippen LogP contribution in [-0.2, 0) is 6.54 Å². The zero-order valence-electron chi connectivity index (χ0n) is 10.4. The molecule has 94 valence electrons. The summed E-state index contributed by atoms with van der Waals surface area (Å²) in [6.45, 7) is 6.60. The Morgan fingerprint density at radius 1 is 1.24 bits per heavy atom. The fraction of sp³-hybridized carbons (Fsp3) is 0.571.